The first-order valence-corrected chi connectivity index (χ1v) is 6.58. The van der Waals surface area contributed by atoms with Gasteiger partial charge in [0.05, 0.1) is 12.3 Å². The van der Waals surface area contributed by atoms with E-state index in [1.807, 2.05) is 51.1 Å². The summed E-state index contributed by atoms with van der Waals surface area (Å²) in [6.45, 7) is 6.63. The van der Waals surface area contributed by atoms with Gasteiger partial charge in [0, 0.05) is 17.3 Å². The smallest absolute Gasteiger partial charge is 0.119 e. The Bertz CT molecular complexity index is 547. The molecule has 0 bridgehead atoms. The van der Waals surface area contributed by atoms with Crippen LogP contribution in [0.5, 0.6) is 5.75 Å². The van der Waals surface area contributed by atoms with Gasteiger partial charge in [0.2, 0.25) is 0 Å². The van der Waals surface area contributed by atoms with E-state index in [0.29, 0.717) is 6.61 Å². The predicted molar refractivity (Wildman–Crippen MR) is 78.2 cm³/mol. The molecular weight excluding hydrogens is 236 g/mol. The van der Waals surface area contributed by atoms with E-state index < -0.39 is 0 Å². The van der Waals surface area contributed by atoms with Crippen molar-refractivity contribution in [2.45, 2.75) is 26.8 Å². The Morgan fingerprint density at radius 3 is 2.37 bits per heavy atom. The van der Waals surface area contributed by atoms with Crippen LogP contribution in [0.15, 0.2) is 36.4 Å². The van der Waals surface area contributed by atoms with Gasteiger partial charge < -0.3 is 10.5 Å². The van der Waals surface area contributed by atoms with Crippen LogP contribution in [0.2, 0.25) is 0 Å². The molecule has 2 N–H and O–H groups in total. The summed E-state index contributed by atoms with van der Waals surface area (Å²) in [6.07, 6.45) is 0. The molecule has 0 saturated carbocycles. The number of nitrogens with zero attached hydrogens (tertiary/aromatic N) is 1. The maximum atomic E-state index is 5.90. The topological polar surface area (TPSA) is 48.1 Å². The number of aromatic nitrogens is 1. The molecule has 0 spiro atoms. The third-order valence-corrected chi connectivity index (χ3v) is 3.08. The fourth-order valence-electron chi connectivity index (χ4n) is 2.10. The van der Waals surface area contributed by atoms with Crippen molar-refractivity contribution in [3.8, 4) is 17.0 Å². The summed E-state index contributed by atoms with van der Waals surface area (Å²) < 4.78 is 5.43. The summed E-state index contributed by atoms with van der Waals surface area (Å²) in [6, 6.07) is 12.1. The lowest BCUT2D eigenvalue weighted by atomic mass is 10.0. The molecule has 0 radical (unpaired) electrons. The van der Waals surface area contributed by atoms with Gasteiger partial charge in [-0.25, -0.2) is 0 Å². The van der Waals surface area contributed by atoms with E-state index in [0.717, 1.165) is 28.3 Å². The lowest BCUT2D eigenvalue weighted by Crippen LogP contribution is -2.08. The number of nitrogens with two attached hydrogens (primary N) is 1. The molecule has 0 aliphatic carbocycles. The molecule has 1 heterocycles. The van der Waals surface area contributed by atoms with Crippen LogP contribution in [0.1, 0.15) is 31.1 Å². The minimum Gasteiger partial charge on any atom is -0.494 e. The first kappa shape index (κ1) is 13.6. The second-order valence-electron chi connectivity index (χ2n) is 4.62. The van der Waals surface area contributed by atoms with Gasteiger partial charge in [0.1, 0.15) is 5.75 Å². The van der Waals surface area contributed by atoms with Crippen LogP contribution in [0.4, 0.5) is 0 Å². The Balaban J connectivity index is 2.29. The third-order valence-electron chi connectivity index (χ3n) is 3.08. The highest BCUT2D eigenvalue weighted by Crippen LogP contribution is 2.23. The van der Waals surface area contributed by atoms with Crippen molar-refractivity contribution in [3.05, 3.63) is 47.7 Å². The lowest BCUT2D eigenvalue weighted by molar-refractivity contribution is 0.340. The molecule has 0 amide bonds. The van der Waals surface area contributed by atoms with E-state index in [2.05, 4.69) is 11.1 Å². The van der Waals surface area contributed by atoms with Gasteiger partial charge >= 0.3 is 0 Å². The zero-order chi connectivity index (χ0) is 13.8. The van der Waals surface area contributed by atoms with Gasteiger partial charge in [-0.15, -0.1) is 0 Å². The molecule has 1 atom stereocenters. The quantitative estimate of drug-likeness (QED) is 0.911. The predicted octanol–water partition coefficient (Wildman–Crippen LogP) is 3.48. The molecule has 1 aromatic heterocycles. The molecule has 3 nitrogen and oxygen atoms in total. The summed E-state index contributed by atoms with van der Waals surface area (Å²) in [7, 11) is 0. The van der Waals surface area contributed by atoms with Crippen molar-refractivity contribution in [3.63, 3.8) is 0 Å². The number of aryl methyl sites for hydroxylation is 1. The fraction of sp³-hybridized carbons (Fsp3) is 0.312. The minimum absolute atomic E-state index is 0.0156. The molecular formula is C16H20N2O. The molecule has 0 aliphatic heterocycles. The summed E-state index contributed by atoms with van der Waals surface area (Å²) in [5, 5.41) is 0. The van der Waals surface area contributed by atoms with Gasteiger partial charge in [0.15, 0.2) is 0 Å². The summed E-state index contributed by atoms with van der Waals surface area (Å²) >= 11 is 0. The highest BCUT2D eigenvalue weighted by atomic mass is 16.5. The molecule has 0 fully saturated rings. The van der Waals surface area contributed by atoms with Crippen LogP contribution < -0.4 is 10.5 Å². The Labute approximate surface area is 114 Å². The highest BCUT2D eigenvalue weighted by Gasteiger charge is 2.07. The van der Waals surface area contributed by atoms with E-state index in [1.54, 1.807) is 0 Å². The van der Waals surface area contributed by atoms with Gasteiger partial charge in [-0.05, 0) is 56.7 Å². The lowest BCUT2D eigenvalue weighted by Gasteiger charge is -2.11. The minimum atomic E-state index is 0.0156. The van der Waals surface area contributed by atoms with Crippen LogP contribution in [0.25, 0.3) is 11.3 Å². The van der Waals surface area contributed by atoms with Crippen molar-refractivity contribution in [2.75, 3.05) is 6.61 Å². The van der Waals surface area contributed by atoms with Crippen LogP contribution in [-0.4, -0.2) is 11.6 Å². The number of hydrogen-bond acceptors (Lipinski definition) is 3. The third kappa shape index (κ3) is 3.12. The summed E-state index contributed by atoms with van der Waals surface area (Å²) in [5.74, 6) is 0.884. The Kier molecular flexibility index (Phi) is 4.17. The number of ether oxygens (including phenoxy) is 1. The molecule has 19 heavy (non-hydrogen) atoms. The van der Waals surface area contributed by atoms with Gasteiger partial charge in [-0.3, -0.25) is 4.98 Å². The molecule has 1 unspecified atom stereocenters. The normalized spacial score (nSPS) is 12.2. The van der Waals surface area contributed by atoms with E-state index in [4.69, 9.17) is 10.5 Å². The van der Waals surface area contributed by atoms with Gasteiger partial charge in [-0.2, -0.15) is 0 Å². The number of rotatable bonds is 4. The van der Waals surface area contributed by atoms with Gasteiger partial charge in [0.25, 0.3) is 0 Å². The molecule has 2 rings (SSSR count). The van der Waals surface area contributed by atoms with E-state index in [1.165, 1.54) is 0 Å². The average molecular weight is 256 g/mol. The second-order valence-corrected chi connectivity index (χ2v) is 4.62. The number of benzene rings is 1. The number of hydrogen-bond donors (Lipinski definition) is 1. The van der Waals surface area contributed by atoms with Crippen LogP contribution in [0, 0.1) is 6.92 Å². The van der Waals surface area contributed by atoms with Crippen LogP contribution in [0.3, 0.4) is 0 Å². The molecule has 3 heteroatoms. The van der Waals surface area contributed by atoms with Crippen molar-refractivity contribution in [1.82, 2.24) is 4.98 Å². The fourth-order valence-corrected chi connectivity index (χ4v) is 2.10. The van der Waals surface area contributed by atoms with E-state index in [-0.39, 0.29) is 6.04 Å². The molecule has 0 saturated heterocycles. The summed E-state index contributed by atoms with van der Waals surface area (Å²) in [5.41, 5.74) is 10.0. The average Bonchev–Trinajstić information content (AvgIpc) is 2.39. The standard InChI is InChI=1S/C16H20N2O/c1-4-19-14-7-5-13(6-8-14)16-10-9-15(11(2)17)12(3)18-16/h5-11H,4,17H2,1-3H3. The van der Waals surface area contributed by atoms with Gasteiger partial charge in [-0.1, -0.05) is 6.07 Å². The van der Waals surface area contributed by atoms with E-state index >= 15 is 0 Å². The summed E-state index contributed by atoms with van der Waals surface area (Å²) in [4.78, 5) is 4.62. The van der Waals surface area contributed by atoms with Crippen molar-refractivity contribution >= 4 is 0 Å². The molecule has 1 aromatic carbocycles. The van der Waals surface area contributed by atoms with Crippen LogP contribution in [-0.2, 0) is 0 Å². The Morgan fingerprint density at radius 2 is 1.84 bits per heavy atom. The maximum Gasteiger partial charge on any atom is 0.119 e. The Hall–Kier alpha value is -1.87. The largest absolute Gasteiger partial charge is 0.494 e. The molecule has 0 aliphatic rings. The van der Waals surface area contributed by atoms with Crippen molar-refractivity contribution in [2.24, 2.45) is 5.73 Å². The molecule has 100 valence electrons. The van der Waals surface area contributed by atoms with E-state index in [9.17, 15) is 0 Å². The monoisotopic (exact) mass is 256 g/mol. The SMILES string of the molecule is CCOc1ccc(-c2ccc(C(C)N)c(C)n2)cc1. The first-order valence-electron chi connectivity index (χ1n) is 6.58. The zero-order valence-electron chi connectivity index (χ0n) is 11.7. The maximum absolute atomic E-state index is 5.90. The van der Waals surface area contributed by atoms with Crippen LogP contribution >= 0.6 is 0 Å². The molecule has 2 aromatic rings. The zero-order valence-corrected chi connectivity index (χ0v) is 11.7. The first-order chi connectivity index (χ1) is 9.11. The number of pyridine rings is 1. The van der Waals surface area contributed by atoms with Crippen molar-refractivity contribution < 1.29 is 4.74 Å². The second kappa shape index (κ2) is 5.85. The van der Waals surface area contributed by atoms with Crippen molar-refractivity contribution in [1.29, 1.82) is 0 Å². The Morgan fingerprint density at radius 1 is 1.16 bits per heavy atom. The highest BCUT2D eigenvalue weighted by molar-refractivity contribution is 5.60.